The van der Waals surface area contributed by atoms with Crippen molar-refractivity contribution in [1.29, 1.82) is 0 Å². The van der Waals surface area contributed by atoms with E-state index in [0.717, 1.165) is 11.1 Å². The molecule has 118 valence electrons. The molecule has 3 rings (SSSR count). The zero-order valence-electron chi connectivity index (χ0n) is 13.1. The highest BCUT2D eigenvalue weighted by Gasteiger charge is 2.39. The van der Waals surface area contributed by atoms with Crippen LogP contribution in [0.2, 0.25) is 0 Å². The number of aliphatic hydroxyl groups is 1. The smallest absolute Gasteiger partial charge is 0.186 e. The van der Waals surface area contributed by atoms with Gasteiger partial charge in [0.25, 0.3) is 0 Å². The average Bonchev–Trinajstić information content (AvgIpc) is 2.60. The molecule has 0 aromatic heterocycles. The van der Waals surface area contributed by atoms with Crippen LogP contribution in [0.5, 0.6) is 0 Å². The minimum Gasteiger partial charge on any atom is -0.362 e. The van der Waals surface area contributed by atoms with E-state index in [1.165, 1.54) is 12.2 Å². The molecular weight excluding hydrogens is 288 g/mol. The lowest BCUT2D eigenvalue weighted by Crippen LogP contribution is -2.44. The lowest BCUT2D eigenvalue weighted by molar-refractivity contribution is -0.205. The Morgan fingerprint density at radius 1 is 1.04 bits per heavy atom. The van der Waals surface area contributed by atoms with E-state index in [-0.39, 0.29) is 11.7 Å². The van der Waals surface area contributed by atoms with Gasteiger partial charge in [0.2, 0.25) is 0 Å². The van der Waals surface area contributed by atoms with Crippen molar-refractivity contribution < 1.29 is 14.6 Å². The van der Waals surface area contributed by atoms with Gasteiger partial charge in [-0.25, -0.2) is 0 Å². The molecule has 0 bridgehead atoms. The summed E-state index contributed by atoms with van der Waals surface area (Å²) >= 11 is 0. The fourth-order valence-electron chi connectivity index (χ4n) is 2.92. The Morgan fingerprint density at radius 2 is 1.57 bits per heavy atom. The summed E-state index contributed by atoms with van der Waals surface area (Å²) in [6.45, 7) is 1.83. The summed E-state index contributed by atoms with van der Waals surface area (Å²) in [6.07, 6.45) is 2.54. The number of rotatable bonds is 4. The summed E-state index contributed by atoms with van der Waals surface area (Å²) < 4.78 is 5.83. The summed E-state index contributed by atoms with van der Waals surface area (Å²) in [7, 11) is 0. The Hall–Kier alpha value is -2.23. The van der Waals surface area contributed by atoms with E-state index in [9.17, 15) is 9.90 Å². The molecule has 2 aromatic rings. The van der Waals surface area contributed by atoms with Crippen LogP contribution < -0.4 is 0 Å². The molecule has 0 unspecified atom stereocenters. The molecule has 1 aliphatic rings. The molecule has 0 saturated carbocycles. The van der Waals surface area contributed by atoms with Gasteiger partial charge in [-0.05, 0) is 23.3 Å². The largest absolute Gasteiger partial charge is 0.362 e. The summed E-state index contributed by atoms with van der Waals surface area (Å²) in [4.78, 5) is 12.5. The Balaban J connectivity index is 2.06. The Labute approximate surface area is 136 Å². The monoisotopic (exact) mass is 308 g/mol. The van der Waals surface area contributed by atoms with Crippen molar-refractivity contribution in [3.05, 3.63) is 83.9 Å². The molecule has 2 aromatic carbocycles. The normalized spacial score (nSPS) is 24.1. The highest BCUT2D eigenvalue weighted by molar-refractivity contribution is 5.95. The molecule has 23 heavy (non-hydrogen) atoms. The zero-order chi connectivity index (χ0) is 16.3. The maximum atomic E-state index is 12.5. The molecule has 0 radical (unpaired) electrons. The van der Waals surface area contributed by atoms with Gasteiger partial charge in [-0.1, -0.05) is 67.6 Å². The Morgan fingerprint density at radius 3 is 2.04 bits per heavy atom. The second kappa shape index (κ2) is 6.49. The van der Waals surface area contributed by atoms with Crippen LogP contribution in [-0.4, -0.2) is 22.8 Å². The van der Waals surface area contributed by atoms with Gasteiger partial charge in [-0.2, -0.15) is 0 Å². The fourth-order valence-corrected chi connectivity index (χ4v) is 2.92. The minimum absolute atomic E-state index is 0.124. The predicted octanol–water partition coefficient (Wildman–Crippen LogP) is 3.44. The first kappa shape index (κ1) is 15.7. The summed E-state index contributed by atoms with van der Waals surface area (Å²) in [5, 5.41) is 10.4. The number of hydrogen-bond acceptors (Lipinski definition) is 3. The number of carbonyl (C=O) groups excluding carboxylic acids is 1. The highest BCUT2D eigenvalue weighted by atomic mass is 16.6. The Bertz CT molecular complexity index is 654. The van der Waals surface area contributed by atoms with E-state index < -0.39 is 11.9 Å². The van der Waals surface area contributed by atoms with Crippen LogP contribution in [0.1, 0.15) is 30.4 Å². The maximum absolute atomic E-state index is 12.5. The number of ether oxygens (including phenoxy) is 1. The van der Waals surface area contributed by atoms with Gasteiger partial charge in [0.05, 0.1) is 0 Å². The van der Waals surface area contributed by atoms with E-state index in [1.54, 1.807) is 0 Å². The second-order valence-electron chi connectivity index (χ2n) is 5.77. The van der Waals surface area contributed by atoms with E-state index >= 15 is 0 Å². The van der Waals surface area contributed by atoms with Crippen LogP contribution in [0.15, 0.2) is 72.8 Å². The van der Waals surface area contributed by atoms with Gasteiger partial charge >= 0.3 is 0 Å². The molecule has 0 amide bonds. The average molecular weight is 308 g/mol. The van der Waals surface area contributed by atoms with Crippen molar-refractivity contribution in [2.45, 2.75) is 31.2 Å². The first-order chi connectivity index (χ1) is 11.1. The third kappa shape index (κ3) is 3.26. The molecule has 1 heterocycles. The number of carbonyl (C=O) groups is 1. The first-order valence-electron chi connectivity index (χ1n) is 7.86. The molecule has 3 nitrogen and oxygen atoms in total. The van der Waals surface area contributed by atoms with Crippen LogP contribution >= 0.6 is 0 Å². The molecule has 0 saturated heterocycles. The summed E-state index contributed by atoms with van der Waals surface area (Å²) in [5.41, 5.74) is 1.98. The van der Waals surface area contributed by atoms with Gasteiger partial charge in [0.15, 0.2) is 11.6 Å². The predicted molar refractivity (Wildman–Crippen MR) is 89.0 cm³/mol. The molecule has 0 aliphatic carbocycles. The first-order valence-corrected chi connectivity index (χ1v) is 7.86. The standard InChI is InChI=1S/C20H20O3/c1-2-20(22)14-13-17(21)19(23-20)18(15-9-5-3-6-10-15)16-11-7-4-8-12-16/h3-14,18-19,22H,2H2,1H3/t19-,20-/m0/s1. The van der Waals surface area contributed by atoms with Crippen molar-refractivity contribution >= 4 is 5.78 Å². The second-order valence-corrected chi connectivity index (χ2v) is 5.77. The van der Waals surface area contributed by atoms with E-state index in [0.29, 0.717) is 6.42 Å². The van der Waals surface area contributed by atoms with Gasteiger partial charge in [0, 0.05) is 12.3 Å². The molecule has 3 heteroatoms. The lowest BCUT2D eigenvalue weighted by Gasteiger charge is -2.36. The molecule has 2 atom stereocenters. The van der Waals surface area contributed by atoms with Crippen molar-refractivity contribution in [3.8, 4) is 0 Å². The fraction of sp³-hybridized carbons (Fsp3) is 0.250. The summed E-state index contributed by atoms with van der Waals surface area (Å²) in [6, 6.07) is 19.6. The SMILES string of the molecule is CC[C@@]1(O)C=CC(=O)[C@@H](C(c2ccccc2)c2ccccc2)O1. The zero-order valence-corrected chi connectivity index (χ0v) is 13.1. The van der Waals surface area contributed by atoms with E-state index in [4.69, 9.17) is 4.74 Å². The topological polar surface area (TPSA) is 46.5 Å². The van der Waals surface area contributed by atoms with E-state index in [2.05, 4.69) is 0 Å². The molecule has 0 spiro atoms. The highest BCUT2D eigenvalue weighted by Crippen LogP contribution is 2.35. The molecular formula is C20H20O3. The lowest BCUT2D eigenvalue weighted by atomic mass is 9.83. The van der Waals surface area contributed by atoms with Gasteiger partial charge in [0.1, 0.15) is 6.10 Å². The van der Waals surface area contributed by atoms with Crippen LogP contribution in [0.3, 0.4) is 0 Å². The minimum atomic E-state index is -1.39. The number of hydrogen-bond donors (Lipinski definition) is 1. The summed E-state index contributed by atoms with van der Waals surface area (Å²) in [5.74, 6) is -1.77. The molecule has 1 aliphatic heterocycles. The van der Waals surface area contributed by atoms with Crippen molar-refractivity contribution in [1.82, 2.24) is 0 Å². The van der Waals surface area contributed by atoms with Crippen molar-refractivity contribution in [2.24, 2.45) is 0 Å². The van der Waals surface area contributed by atoms with Crippen LogP contribution in [0.4, 0.5) is 0 Å². The molecule has 0 fully saturated rings. The van der Waals surface area contributed by atoms with Crippen LogP contribution in [0.25, 0.3) is 0 Å². The van der Waals surface area contributed by atoms with Gasteiger partial charge in [-0.3, -0.25) is 4.79 Å². The Kier molecular flexibility index (Phi) is 4.42. The van der Waals surface area contributed by atoms with Crippen LogP contribution in [-0.2, 0) is 9.53 Å². The number of ketones is 1. The van der Waals surface area contributed by atoms with Gasteiger partial charge < -0.3 is 9.84 Å². The van der Waals surface area contributed by atoms with Gasteiger partial charge in [-0.15, -0.1) is 0 Å². The molecule has 1 N–H and O–H groups in total. The quantitative estimate of drug-likeness (QED) is 0.941. The number of benzene rings is 2. The maximum Gasteiger partial charge on any atom is 0.186 e. The van der Waals surface area contributed by atoms with Crippen molar-refractivity contribution in [3.63, 3.8) is 0 Å². The third-order valence-electron chi connectivity index (χ3n) is 4.25. The third-order valence-corrected chi connectivity index (χ3v) is 4.25. The van der Waals surface area contributed by atoms with E-state index in [1.807, 2.05) is 67.6 Å². The van der Waals surface area contributed by atoms with Crippen LogP contribution in [0, 0.1) is 0 Å². The van der Waals surface area contributed by atoms with Crippen molar-refractivity contribution in [2.75, 3.05) is 0 Å².